The molecule has 2 nitrogen and oxygen atoms in total. The molecule has 10 rings (SSSR count). The normalized spacial score (nSPS) is 15.2. The topological polar surface area (TPSA) is 8.17 Å². The minimum atomic E-state index is -0.428. The number of anilines is 3. The summed E-state index contributed by atoms with van der Waals surface area (Å²) in [6, 6.07) is 69.0. The lowest BCUT2D eigenvalue weighted by atomic mass is 9.67. The van der Waals surface area contributed by atoms with E-state index in [1.165, 1.54) is 66.0 Å². The van der Waals surface area contributed by atoms with Crippen LogP contribution in [0.4, 0.5) is 17.1 Å². The molecule has 0 saturated heterocycles. The van der Waals surface area contributed by atoms with E-state index < -0.39 is 5.41 Å². The van der Waals surface area contributed by atoms with E-state index in [2.05, 4.69) is 230 Å². The predicted octanol–water partition coefficient (Wildman–Crippen LogP) is 14.2. The van der Waals surface area contributed by atoms with Crippen molar-refractivity contribution in [3.05, 3.63) is 229 Å². The van der Waals surface area contributed by atoms with Crippen molar-refractivity contribution in [1.82, 2.24) is 4.57 Å². The van der Waals surface area contributed by atoms with Crippen LogP contribution in [0.3, 0.4) is 0 Å². The molecule has 0 fully saturated rings. The van der Waals surface area contributed by atoms with Gasteiger partial charge in [-0.25, -0.2) is 0 Å². The Labute approximate surface area is 322 Å². The van der Waals surface area contributed by atoms with Crippen LogP contribution in [0.2, 0.25) is 0 Å². The summed E-state index contributed by atoms with van der Waals surface area (Å²) < 4.78 is 2.40. The summed E-state index contributed by atoms with van der Waals surface area (Å²) in [4.78, 5) is 2.48. The first-order valence-corrected chi connectivity index (χ1v) is 19.1. The van der Waals surface area contributed by atoms with E-state index in [0.717, 1.165) is 22.7 Å². The van der Waals surface area contributed by atoms with Gasteiger partial charge in [0, 0.05) is 27.8 Å². The zero-order chi connectivity index (χ0) is 36.9. The van der Waals surface area contributed by atoms with Crippen molar-refractivity contribution in [3.8, 4) is 16.8 Å². The third kappa shape index (κ3) is 5.02. The molecule has 0 amide bonds. The van der Waals surface area contributed by atoms with E-state index >= 15 is 0 Å². The van der Waals surface area contributed by atoms with Crippen molar-refractivity contribution < 1.29 is 0 Å². The lowest BCUT2D eigenvalue weighted by Crippen LogP contribution is -2.28. The smallest absolute Gasteiger partial charge is 0.0673 e. The van der Waals surface area contributed by atoms with E-state index in [1.54, 1.807) is 0 Å². The number of fused-ring (bicyclic) bond motifs is 7. The van der Waals surface area contributed by atoms with E-state index in [9.17, 15) is 0 Å². The third-order valence-electron chi connectivity index (χ3n) is 11.5. The largest absolute Gasteiger partial charge is 0.310 e. The van der Waals surface area contributed by atoms with Crippen LogP contribution in [0.15, 0.2) is 212 Å². The second kappa shape index (κ2) is 13.2. The van der Waals surface area contributed by atoms with Gasteiger partial charge in [0.05, 0.1) is 22.1 Å². The molecule has 2 heteroatoms. The zero-order valence-corrected chi connectivity index (χ0v) is 31.0. The first kappa shape index (κ1) is 32.7. The molecule has 0 radical (unpaired) electrons. The van der Waals surface area contributed by atoms with Gasteiger partial charge in [0.2, 0.25) is 0 Å². The van der Waals surface area contributed by atoms with Crippen LogP contribution in [0.1, 0.15) is 30.5 Å². The minimum absolute atomic E-state index is 0.428. The number of nitrogens with zero attached hydrogens (tertiary/aromatic N) is 2. The second-order valence-corrected chi connectivity index (χ2v) is 14.5. The van der Waals surface area contributed by atoms with E-state index in [1.807, 2.05) is 0 Å². The number of hydrogen-bond acceptors (Lipinski definition) is 1. The van der Waals surface area contributed by atoms with Gasteiger partial charge in [0.25, 0.3) is 0 Å². The Hall–Kier alpha value is -6.90. The van der Waals surface area contributed by atoms with Crippen molar-refractivity contribution in [1.29, 1.82) is 0 Å². The maximum atomic E-state index is 2.48. The van der Waals surface area contributed by atoms with Crippen molar-refractivity contribution in [2.24, 2.45) is 0 Å². The average molecular weight is 705 g/mol. The molecule has 0 spiro atoms. The zero-order valence-electron chi connectivity index (χ0n) is 31.0. The van der Waals surface area contributed by atoms with Gasteiger partial charge < -0.3 is 9.47 Å². The number of hydrogen-bond donors (Lipinski definition) is 0. The molecule has 0 N–H and O–H groups in total. The Morgan fingerprint density at radius 1 is 0.545 bits per heavy atom. The molecule has 8 aromatic carbocycles. The molecule has 0 bridgehead atoms. The van der Waals surface area contributed by atoms with Gasteiger partial charge in [0.15, 0.2) is 0 Å². The van der Waals surface area contributed by atoms with Crippen molar-refractivity contribution in [3.63, 3.8) is 0 Å². The number of benzene rings is 8. The summed E-state index contributed by atoms with van der Waals surface area (Å²) >= 11 is 0. The Morgan fingerprint density at radius 3 is 2.04 bits per heavy atom. The fourth-order valence-electron chi connectivity index (χ4n) is 9.21. The lowest BCUT2D eigenvalue weighted by Gasteiger charge is -2.34. The van der Waals surface area contributed by atoms with Crippen molar-refractivity contribution >= 4 is 49.6 Å². The highest BCUT2D eigenvalue weighted by molar-refractivity contribution is 6.16. The second-order valence-electron chi connectivity index (χ2n) is 14.5. The summed E-state index contributed by atoms with van der Waals surface area (Å²) in [7, 11) is 0. The highest BCUT2D eigenvalue weighted by atomic mass is 15.1. The first-order valence-electron chi connectivity index (χ1n) is 19.1. The molecule has 1 aromatic heterocycles. The minimum Gasteiger partial charge on any atom is -0.310 e. The quantitative estimate of drug-likeness (QED) is 0.150. The number of allylic oxidation sites excluding steroid dienone is 4. The van der Waals surface area contributed by atoms with Gasteiger partial charge in [-0.2, -0.15) is 0 Å². The van der Waals surface area contributed by atoms with Gasteiger partial charge >= 0.3 is 0 Å². The van der Waals surface area contributed by atoms with E-state index in [0.29, 0.717) is 0 Å². The number of aromatic nitrogens is 1. The molecule has 262 valence electrons. The molecule has 0 aliphatic heterocycles. The van der Waals surface area contributed by atoms with Crippen LogP contribution in [-0.4, -0.2) is 4.57 Å². The van der Waals surface area contributed by atoms with Gasteiger partial charge in [-0.05, 0) is 107 Å². The van der Waals surface area contributed by atoms with Crippen molar-refractivity contribution in [2.75, 3.05) is 4.90 Å². The maximum Gasteiger partial charge on any atom is 0.0673 e. The fourth-order valence-corrected chi connectivity index (χ4v) is 9.21. The number of rotatable bonds is 7. The Bertz CT molecular complexity index is 2950. The molecule has 9 aromatic rings. The Morgan fingerprint density at radius 2 is 1.20 bits per heavy atom. The molecular formula is C53H40N2. The molecule has 1 atom stereocenters. The molecule has 1 aliphatic carbocycles. The molecule has 1 heterocycles. The van der Waals surface area contributed by atoms with Crippen LogP contribution < -0.4 is 4.90 Å². The highest BCUT2D eigenvalue weighted by Gasteiger charge is 2.46. The van der Waals surface area contributed by atoms with Crippen LogP contribution in [-0.2, 0) is 5.41 Å². The van der Waals surface area contributed by atoms with Gasteiger partial charge in [0.1, 0.15) is 0 Å². The highest BCUT2D eigenvalue weighted by Crippen LogP contribution is 2.57. The lowest BCUT2D eigenvalue weighted by molar-refractivity contribution is 0.746. The molecule has 1 aliphatic rings. The average Bonchev–Trinajstić information content (AvgIpc) is 3.75. The summed E-state index contributed by atoms with van der Waals surface area (Å²) in [5.41, 5.74) is 14.2. The molecular weight excluding hydrogens is 665 g/mol. The maximum absolute atomic E-state index is 2.48. The Balaban J connectivity index is 1.28. The predicted molar refractivity (Wildman–Crippen MR) is 233 cm³/mol. The monoisotopic (exact) mass is 704 g/mol. The molecule has 0 saturated carbocycles. The summed E-state index contributed by atoms with van der Waals surface area (Å²) in [6.45, 7) is 4.37. The van der Waals surface area contributed by atoms with E-state index in [4.69, 9.17) is 0 Å². The van der Waals surface area contributed by atoms with Crippen LogP contribution in [0, 0.1) is 0 Å². The summed E-state index contributed by atoms with van der Waals surface area (Å²) in [6.07, 6.45) is 6.57. The summed E-state index contributed by atoms with van der Waals surface area (Å²) in [5.74, 6) is 0. The van der Waals surface area contributed by atoms with Gasteiger partial charge in [-0.3, -0.25) is 0 Å². The van der Waals surface area contributed by atoms with Crippen LogP contribution in [0.5, 0.6) is 0 Å². The van der Waals surface area contributed by atoms with Crippen LogP contribution >= 0.6 is 0 Å². The molecule has 1 unspecified atom stereocenters. The van der Waals surface area contributed by atoms with Gasteiger partial charge in [-0.15, -0.1) is 0 Å². The van der Waals surface area contributed by atoms with Crippen molar-refractivity contribution in [2.45, 2.75) is 19.3 Å². The van der Waals surface area contributed by atoms with E-state index in [-0.39, 0.29) is 0 Å². The summed E-state index contributed by atoms with van der Waals surface area (Å²) in [5, 5.41) is 4.88. The standard InChI is InChI=1S/C53H40N2/c1-3-4-18-37(2)53(40-21-7-5-8-22-40)47-27-15-13-25-44(47)46-36-43(33-34-48(46)53)54(42-32-31-38-19-11-12-20-39(38)35-42)50-29-17-30-51-52(50)45-26-14-16-28-49(45)55(51)41-23-9-6-10-24-41/h3-36H,1-2H3/b4-3-,37-18+. The Kier molecular flexibility index (Phi) is 7.85. The SMILES string of the molecule is C/C=C\C=C(/C)C1(c2ccccc2)c2ccccc2-c2cc(N(c3ccc4ccccc4c3)c3cccc4c3c3ccccc3n4-c3ccccc3)ccc21. The fraction of sp³-hybridized carbons (Fsp3) is 0.0566. The third-order valence-corrected chi connectivity index (χ3v) is 11.5. The number of para-hydroxylation sites is 2. The van der Waals surface area contributed by atoms with Gasteiger partial charge in [-0.1, -0.05) is 157 Å². The van der Waals surface area contributed by atoms with Crippen LogP contribution in [0.25, 0.3) is 49.4 Å². The first-order chi connectivity index (χ1) is 27.2. The molecule has 55 heavy (non-hydrogen) atoms.